The largest absolute Gasteiger partial charge is 0.321 e. The first-order valence-corrected chi connectivity index (χ1v) is 14.1. The smallest absolute Gasteiger partial charge is 0.318 e. The molecular formula is C31H33N7O2. The number of carbonyl (C=O) groups excluding carboxylic acids is 2. The van der Waals surface area contributed by atoms with Gasteiger partial charge < -0.3 is 15.1 Å². The van der Waals surface area contributed by atoms with Crippen molar-refractivity contribution in [2.45, 2.75) is 50.9 Å². The van der Waals surface area contributed by atoms with Crippen LogP contribution in [0.25, 0.3) is 10.9 Å². The van der Waals surface area contributed by atoms with Crippen LogP contribution in [0.2, 0.25) is 0 Å². The van der Waals surface area contributed by atoms with E-state index in [0.29, 0.717) is 24.1 Å². The number of amides is 3. The second-order valence-corrected chi connectivity index (χ2v) is 11.2. The molecule has 0 spiro atoms. The number of anilines is 1. The molecule has 2 saturated heterocycles. The average molecular weight is 536 g/mol. The molecule has 2 N–H and O–H groups in total. The molecule has 4 aromatic rings. The van der Waals surface area contributed by atoms with Gasteiger partial charge in [0.1, 0.15) is 5.69 Å². The number of pyridine rings is 1. The van der Waals surface area contributed by atoms with Crippen LogP contribution in [-0.2, 0) is 13.0 Å². The fraction of sp³-hybridized carbons (Fsp3) is 0.355. The fourth-order valence-corrected chi connectivity index (χ4v) is 6.60. The van der Waals surface area contributed by atoms with Gasteiger partial charge in [0.2, 0.25) is 0 Å². The third-order valence-electron chi connectivity index (χ3n) is 8.77. The van der Waals surface area contributed by atoms with E-state index >= 15 is 0 Å². The summed E-state index contributed by atoms with van der Waals surface area (Å²) in [5.41, 5.74) is 4.07. The van der Waals surface area contributed by atoms with Crippen LogP contribution in [0.4, 0.5) is 10.6 Å². The van der Waals surface area contributed by atoms with E-state index in [0.717, 1.165) is 54.6 Å². The number of nitrogens with zero attached hydrogens (tertiary/aromatic N) is 5. The molecular weight excluding hydrogens is 502 g/mol. The Morgan fingerprint density at radius 3 is 2.70 bits per heavy atom. The van der Waals surface area contributed by atoms with Gasteiger partial charge in [-0.15, -0.1) is 0 Å². The molecule has 1 unspecified atom stereocenters. The summed E-state index contributed by atoms with van der Waals surface area (Å²) in [6, 6.07) is 22.2. The molecule has 5 heterocycles. The van der Waals surface area contributed by atoms with Gasteiger partial charge in [0.05, 0.1) is 29.8 Å². The molecule has 3 atom stereocenters. The summed E-state index contributed by atoms with van der Waals surface area (Å²) in [6.07, 6.45) is 3.17. The number of rotatable bonds is 4. The van der Waals surface area contributed by atoms with Crippen molar-refractivity contribution in [2.75, 3.05) is 25.0 Å². The SMILES string of the molecule is CC1c2[nH]nc(NC(=O)c3ccc4ccccc4n3)c2CN1C(=O)N1C[C@@H]2CCCN2C[C@@H]1Cc1ccccc1. The van der Waals surface area contributed by atoms with Crippen LogP contribution in [0, 0.1) is 0 Å². The van der Waals surface area contributed by atoms with E-state index in [2.05, 4.69) is 54.6 Å². The molecule has 0 saturated carbocycles. The predicted molar refractivity (Wildman–Crippen MR) is 153 cm³/mol. The molecule has 0 radical (unpaired) electrons. The fourth-order valence-electron chi connectivity index (χ4n) is 6.60. The molecule has 2 aromatic heterocycles. The van der Waals surface area contributed by atoms with Crippen LogP contribution in [0.1, 0.15) is 53.1 Å². The van der Waals surface area contributed by atoms with Crippen LogP contribution < -0.4 is 5.32 Å². The Kier molecular flexibility index (Phi) is 6.23. The van der Waals surface area contributed by atoms with E-state index in [1.54, 1.807) is 6.07 Å². The van der Waals surface area contributed by atoms with Gasteiger partial charge >= 0.3 is 6.03 Å². The zero-order valence-electron chi connectivity index (χ0n) is 22.6. The molecule has 3 aliphatic heterocycles. The minimum atomic E-state index is -0.322. The first-order chi connectivity index (χ1) is 19.5. The van der Waals surface area contributed by atoms with E-state index in [-0.39, 0.29) is 24.0 Å². The lowest BCUT2D eigenvalue weighted by Crippen LogP contribution is -2.60. The lowest BCUT2D eigenvalue weighted by Gasteiger charge is -2.45. The third kappa shape index (κ3) is 4.40. The molecule has 204 valence electrons. The number of aromatic nitrogens is 3. The number of nitrogens with one attached hydrogen (secondary N) is 2. The number of para-hydroxylation sites is 1. The molecule has 3 aliphatic rings. The maximum atomic E-state index is 14.1. The van der Waals surface area contributed by atoms with Gasteiger partial charge in [-0.1, -0.05) is 54.6 Å². The van der Waals surface area contributed by atoms with Gasteiger partial charge in [0.15, 0.2) is 5.82 Å². The summed E-state index contributed by atoms with van der Waals surface area (Å²) >= 11 is 0. The molecule has 40 heavy (non-hydrogen) atoms. The normalized spacial score (nSPS) is 22.4. The van der Waals surface area contributed by atoms with E-state index in [9.17, 15) is 9.59 Å². The summed E-state index contributed by atoms with van der Waals surface area (Å²) in [5.74, 6) is 0.135. The number of carbonyl (C=O) groups is 2. The Labute approximate surface area is 233 Å². The van der Waals surface area contributed by atoms with Crippen molar-refractivity contribution >= 4 is 28.7 Å². The number of urea groups is 1. The molecule has 9 heteroatoms. The first kappa shape index (κ1) is 24.8. The zero-order valence-corrected chi connectivity index (χ0v) is 22.6. The van der Waals surface area contributed by atoms with Crippen molar-refractivity contribution in [3.05, 3.63) is 89.2 Å². The Morgan fingerprint density at radius 2 is 1.82 bits per heavy atom. The standard InChI is InChI=1S/C31H33N7O2/c1-20-28-25(29(35-34-28)33-30(39)27-14-13-22-10-5-6-12-26(22)32-27)19-37(20)31(40)38-18-23-11-7-15-36(23)17-24(38)16-21-8-3-2-4-9-21/h2-6,8-10,12-14,20,23-24H,7,11,15-19H2,1H3,(H2,33,34,35,39)/t20?,23-,24-/m0/s1. The van der Waals surface area contributed by atoms with E-state index < -0.39 is 0 Å². The minimum Gasteiger partial charge on any atom is -0.318 e. The van der Waals surface area contributed by atoms with Crippen molar-refractivity contribution < 1.29 is 9.59 Å². The second kappa shape index (κ2) is 10.1. The van der Waals surface area contributed by atoms with Crippen LogP contribution in [-0.4, -0.2) is 73.5 Å². The van der Waals surface area contributed by atoms with Gasteiger partial charge in [-0.3, -0.25) is 14.8 Å². The summed E-state index contributed by atoms with van der Waals surface area (Å²) in [5, 5.41) is 11.4. The molecule has 7 rings (SSSR count). The number of hydrogen-bond donors (Lipinski definition) is 2. The highest BCUT2D eigenvalue weighted by Crippen LogP contribution is 2.38. The Hall–Kier alpha value is -4.24. The van der Waals surface area contributed by atoms with Crippen molar-refractivity contribution in [1.29, 1.82) is 0 Å². The molecule has 9 nitrogen and oxygen atoms in total. The third-order valence-corrected chi connectivity index (χ3v) is 8.77. The van der Waals surface area contributed by atoms with Gasteiger partial charge in [-0.25, -0.2) is 9.78 Å². The first-order valence-electron chi connectivity index (χ1n) is 14.1. The molecule has 3 amide bonds. The number of hydrogen-bond acceptors (Lipinski definition) is 5. The Balaban J connectivity index is 1.10. The van der Waals surface area contributed by atoms with Crippen LogP contribution in [0.3, 0.4) is 0 Å². The van der Waals surface area contributed by atoms with Crippen LogP contribution in [0.5, 0.6) is 0 Å². The van der Waals surface area contributed by atoms with Crippen LogP contribution in [0.15, 0.2) is 66.7 Å². The zero-order chi connectivity index (χ0) is 27.2. The van der Waals surface area contributed by atoms with Gasteiger partial charge in [-0.05, 0) is 50.4 Å². The quantitative estimate of drug-likeness (QED) is 0.398. The number of benzene rings is 2. The second-order valence-electron chi connectivity index (χ2n) is 11.2. The number of aromatic amines is 1. The van der Waals surface area contributed by atoms with Crippen molar-refractivity contribution in [1.82, 2.24) is 29.9 Å². The lowest BCUT2D eigenvalue weighted by atomic mass is 10.00. The summed E-state index contributed by atoms with van der Waals surface area (Å²) < 4.78 is 0. The Morgan fingerprint density at radius 1 is 1.00 bits per heavy atom. The topological polar surface area (TPSA) is 97.5 Å². The lowest BCUT2D eigenvalue weighted by molar-refractivity contribution is 0.0517. The predicted octanol–water partition coefficient (Wildman–Crippen LogP) is 4.60. The minimum absolute atomic E-state index is 0.0538. The van der Waals surface area contributed by atoms with Crippen molar-refractivity contribution in [3.8, 4) is 0 Å². The van der Waals surface area contributed by atoms with Crippen molar-refractivity contribution in [3.63, 3.8) is 0 Å². The monoisotopic (exact) mass is 535 g/mol. The van der Waals surface area contributed by atoms with Gasteiger partial charge in [0, 0.05) is 30.1 Å². The maximum absolute atomic E-state index is 14.1. The van der Waals surface area contributed by atoms with E-state index in [4.69, 9.17) is 0 Å². The number of H-pyrrole nitrogens is 1. The summed E-state index contributed by atoms with van der Waals surface area (Å²) in [4.78, 5) is 38.3. The molecule has 0 aliphatic carbocycles. The molecule has 2 aromatic carbocycles. The highest BCUT2D eigenvalue weighted by Gasteiger charge is 2.43. The van der Waals surface area contributed by atoms with Crippen molar-refractivity contribution in [2.24, 2.45) is 0 Å². The van der Waals surface area contributed by atoms with Gasteiger partial charge in [0.25, 0.3) is 5.91 Å². The average Bonchev–Trinajstić information content (AvgIpc) is 3.69. The highest BCUT2D eigenvalue weighted by atomic mass is 16.2. The number of piperazine rings is 1. The van der Waals surface area contributed by atoms with Crippen LogP contribution >= 0.6 is 0 Å². The van der Waals surface area contributed by atoms with E-state index in [1.807, 2.05) is 48.2 Å². The molecule has 0 bridgehead atoms. The molecule has 2 fully saturated rings. The summed E-state index contributed by atoms with van der Waals surface area (Å²) in [7, 11) is 0. The highest BCUT2D eigenvalue weighted by molar-refractivity contribution is 6.04. The van der Waals surface area contributed by atoms with Gasteiger partial charge in [-0.2, -0.15) is 5.10 Å². The maximum Gasteiger partial charge on any atom is 0.321 e. The Bertz CT molecular complexity index is 1570. The summed E-state index contributed by atoms with van der Waals surface area (Å²) in [6.45, 7) is 5.19. The number of fused-ring (bicyclic) bond motifs is 3. The van der Waals surface area contributed by atoms with E-state index in [1.165, 1.54) is 12.0 Å².